The highest BCUT2D eigenvalue weighted by Crippen LogP contribution is 2.20. The number of benzene rings is 1. The molecule has 0 saturated carbocycles. The molecule has 0 spiro atoms. The number of methoxy groups -OCH3 is 1. The van der Waals surface area contributed by atoms with Crippen LogP contribution in [0.2, 0.25) is 0 Å². The average molecular weight is 359 g/mol. The first-order valence-electron chi connectivity index (χ1n) is 8.45. The van der Waals surface area contributed by atoms with Crippen molar-refractivity contribution in [3.63, 3.8) is 0 Å². The van der Waals surface area contributed by atoms with E-state index in [0.29, 0.717) is 24.5 Å². The van der Waals surface area contributed by atoms with Crippen LogP contribution in [0, 0.1) is 0 Å². The predicted octanol–water partition coefficient (Wildman–Crippen LogP) is 1.66. The molecule has 1 aliphatic rings. The Kier molecular flexibility index (Phi) is 5.73. The highest BCUT2D eigenvalue weighted by Gasteiger charge is 2.24. The summed E-state index contributed by atoms with van der Waals surface area (Å²) in [6.45, 7) is 0.714. The highest BCUT2D eigenvalue weighted by molar-refractivity contribution is 5.95. The molecule has 2 N–H and O–H groups in total. The van der Waals surface area contributed by atoms with E-state index in [2.05, 4.69) is 15.6 Å². The van der Waals surface area contributed by atoms with Gasteiger partial charge in [0, 0.05) is 12.6 Å². The Hall–Kier alpha value is -3.03. The molecule has 8 heteroatoms. The molecule has 2 aromatic rings. The van der Waals surface area contributed by atoms with E-state index < -0.39 is 11.9 Å². The second kappa shape index (κ2) is 8.37. The monoisotopic (exact) mass is 359 g/mol. The number of aromatic nitrogens is 1. The van der Waals surface area contributed by atoms with Gasteiger partial charge in [0.05, 0.1) is 7.11 Å². The molecular weight excluding hydrogens is 338 g/mol. The Balaban J connectivity index is 1.56. The van der Waals surface area contributed by atoms with Crippen molar-refractivity contribution in [3.05, 3.63) is 42.1 Å². The largest absolute Gasteiger partial charge is 0.497 e. The first kappa shape index (κ1) is 17.8. The van der Waals surface area contributed by atoms with E-state index in [1.54, 1.807) is 25.3 Å². The number of oxazole rings is 1. The minimum Gasteiger partial charge on any atom is -0.497 e. The summed E-state index contributed by atoms with van der Waals surface area (Å²) < 4.78 is 16.0. The van der Waals surface area contributed by atoms with Gasteiger partial charge in [0.1, 0.15) is 23.8 Å². The van der Waals surface area contributed by atoms with E-state index in [-0.39, 0.29) is 24.1 Å². The number of ether oxygens (including phenoxy) is 2. The summed E-state index contributed by atoms with van der Waals surface area (Å²) in [6.07, 6.45) is 3.66. The van der Waals surface area contributed by atoms with Crippen LogP contribution >= 0.6 is 0 Å². The molecule has 1 saturated heterocycles. The van der Waals surface area contributed by atoms with Crippen LogP contribution in [0.1, 0.15) is 35.6 Å². The molecule has 0 aliphatic carbocycles. The van der Waals surface area contributed by atoms with Crippen LogP contribution in [0.15, 0.2) is 34.9 Å². The number of rotatable bonds is 6. The van der Waals surface area contributed by atoms with Gasteiger partial charge in [0.25, 0.3) is 5.91 Å². The van der Waals surface area contributed by atoms with Crippen molar-refractivity contribution in [2.24, 2.45) is 0 Å². The summed E-state index contributed by atoms with van der Waals surface area (Å²) in [7, 11) is 1.58. The molecule has 1 atom stereocenters. The summed E-state index contributed by atoms with van der Waals surface area (Å²) in [5.41, 5.74) is 0.117. The first-order chi connectivity index (χ1) is 12.7. The molecule has 138 valence electrons. The Labute approximate surface area is 150 Å². The normalized spacial score (nSPS) is 17.1. The van der Waals surface area contributed by atoms with Crippen molar-refractivity contribution >= 4 is 11.8 Å². The maximum Gasteiger partial charge on any atom is 0.273 e. The van der Waals surface area contributed by atoms with Crippen molar-refractivity contribution in [1.82, 2.24) is 15.6 Å². The summed E-state index contributed by atoms with van der Waals surface area (Å²) >= 11 is 0. The SMILES string of the molecule is COc1cccc(OCc2nc(C(=O)N[C@H]3CCCCNC3=O)co2)c1. The smallest absolute Gasteiger partial charge is 0.273 e. The first-order valence-corrected chi connectivity index (χ1v) is 8.45. The zero-order valence-electron chi connectivity index (χ0n) is 14.5. The number of hydrogen-bond acceptors (Lipinski definition) is 6. The fourth-order valence-electron chi connectivity index (χ4n) is 2.63. The maximum atomic E-state index is 12.3. The van der Waals surface area contributed by atoms with Crippen LogP contribution in [0.25, 0.3) is 0 Å². The number of nitrogens with one attached hydrogen (secondary N) is 2. The third-order valence-corrected chi connectivity index (χ3v) is 4.03. The zero-order valence-corrected chi connectivity index (χ0v) is 14.5. The molecule has 0 unspecified atom stereocenters. The van der Waals surface area contributed by atoms with Gasteiger partial charge >= 0.3 is 0 Å². The minimum absolute atomic E-state index is 0.0738. The topological polar surface area (TPSA) is 103 Å². The van der Waals surface area contributed by atoms with E-state index in [1.807, 2.05) is 6.07 Å². The van der Waals surface area contributed by atoms with E-state index in [1.165, 1.54) is 6.26 Å². The third-order valence-electron chi connectivity index (χ3n) is 4.03. The van der Waals surface area contributed by atoms with Crippen molar-refractivity contribution in [1.29, 1.82) is 0 Å². The number of carbonyl (C=O) groups excluding carboxylic acids is 2. The Morgan fingerprint density at radius 1 is 1.38 bits per heavy atom. The van der Waals surface area contributed by atoms with Gasteiger partial charge in [-0.15, -0.1) is 0 Å². The second-order valence-electron chi connectivity index (χ2n) is 5.91. The lowest BCUT2D eigenvalue weighted by Gasteiger charge is -2.13. The zero-order chi connectivity index (χ0) is 18.4. The van der Waals surface area contributed by atoms with Gasteiger partial charge in [-0.2, -0.15) is 0 Å². The summed E-state index contributed by atoms with van der Waals surface area (Å²) in [4.78, 5) is 28.3. The van der Waals surface area contributed by atoms with Crippen molar-refractivity contribution in [2.45, 2.75) is 31.9 Å². The minimum atomic E-state index is -0.543. The molecule has 26 heavy (non-hydrogen) atoms. The fourth-order valence-corrected chi connectivity index (χ4v) is 2.63. The molecule has 1 fully saturated rings. The van der Waals surface area contributed by atoms with E-state index >= 15 is 0 Å². The highest BCUT2D eigenvalue weighted by atomic mass is 16.5. The summed E-state index contributed by atoms with van der Waals surface area (Å²) in [6, 6.07) is 6.59. The van der Waals surface area contributed by atoms with Crippen LogP contribution in [-0.2, 0) is 11.4 Å². The molecule has 0 bridgehead atoms. The van der Waals surface area contributed by atoms with Gasteiger partial charge in [-0.05, 0) is 31.4 Å². The van der Waals surface area contributed by atoms with Crippen LogP contribution in [0.5, 0.6) is 11.5 Å². The average Bonchev–Trinajstić information content (AvgIpc) is 3.05. The molecule has 1 aromatic heterocycles. The maximum absolute atomic E-state index is 12.3. The van der Waals surface area contributed by atoms with E-state index in [0.717, 1.165) is 12.8 Å². The molecule has 8 nitrogen and oxygen atoms in total. The summed E-state index contributed by atoms with van der Waals surface area (Å²) in [5, 5.41) is 5.47. The van der Waals surface area contributed by atoms with Crippen LogP contribution < -0.4 is 20.1 Å². The molecule has 0 radical (unpaired) electrons. The van der Waals surface area contributed by atoms with Crippen molar-refractivity contribution in [3.8, 4) is 11.5 Å². The Bertz CT molecular complexity index is 774. The third kappa shape index (κ3) is 4.53. The molecule has 2 heterocycles. The molecule has 1 aromatic carbocycles. The van der Waals surface area contributed by atoms with Gasteiger partial charge in [-0.25, -0.2) is 4.98 Å². The number of carbonyl (C=O) groups is 2. The lowest BCUT2D eigenvalue weighted by atomic mass is 10.1. The molecule has 1 aliphatic heterocycles. The molecular formula is C18H21N3O5. The van der Waals surface area contributed by atoms with Gasteiger partial charge in [0.15, 0.2) is 12.3 Å². The fraction of sp³-hybridized carbons (Fsp3) is 0.389. The van der Waals surface area contributed by atoms with Gasteiger partial charge in [-0.3, -0.25) is 9.59 Å². The Morgan fingerprint density at radius 2 is 2.23 bits per heavy atom. The van der Waals surface area contributed by atoms with Crippen LogP contribution in [0.4, 0.5) is 0 Å². The lowest BCUT2D eigenvalue weighted by Crippen LogP contribution is -2.45. The number of hydrogen-bond donors (Lipinski definition) is 2. The quantitative estimate of drug-likeness (QED) is 0.813. The van der Waals surface area contributed by atoms with Gasteiger partial charge < -0.3 is 24.5 Å². The van der Waals surface area contributed by atoms with Gasteiger partial charge in [0.2, 0.25) is 11.8 Å². The Morgan fingerprint density at radius 3 is 3.08 bits per heavy atom. The number of amides is 2. The number of nitrogens with zero attached hydrogens (tertiary/aromatic N) is 1. The standard InChI is InChI=1S/C18H21N3O5/c1-24-12-5-4-6-13(9-12)25-11-16-20-15(10-26-16)18(23)21-14-7-2-3-8-19-17(14)22/h4-6,9-10,14H,2-3,7-8,11H2,1H3,(H,19,22)(H,21,23)/t14-/m0/s1. The van der Waals surface area contributed by atoms with Crippen molar-refractivity contribution in [2.75, 3.05) is 13.7 Å². The molecule has 2 amide bonds. The van der Waals surface area contributed by atoms with Gasteiger partial charge in [-0.1, -0.05) is 6.07 Å². The molecule has 3 rings (SSSR count). The van der Waals surface area contributed by atoms with E-state index in [4.69, 9.17) is 13.9 Å². The second-order valence-corrected chi connectivity index (χ2v) is 5.91. The van der Waals surface area contributed by atoms with Crippen LogP contribution in [0.3, 0.4) is 0 Å². The van der Waals surface area contributed by atoms with Crippen LogP contribution in [-0.4, -0.2) is 36.5 Å². The lowest BCUT2D eigenvalue weighted by molar-refractivity contribution is -0.122. The predicted molar refractivity (Wildman–Crippen MR) is 91.9 cm³/mol. The summed E-state index contributed by atoms with van der Waals surface area (Å²) in [5.74, 6) is 0.938. The van der Waals surface area contributed by atoms with Crippen molar-refractivity contribution < 1.29 is 23.5 Å². The van der Waals surface area contributed by atoms with E-state index in [9.17, 15) is 9.59 Å².